The number of anilines is 1. The van der Waals surface area contributed by atoms with Crippen molar-refractivity contribution in [2.75, 3.05) is 25.8 Å². The van der Waals surface area contributed by atoms with Gasteiger partial charge in [0.15, 0.2) is 0 Å². The lowest BCUT2D eigenvalue weighted by Crippen LogP contribution is -2.08. The highest BCUT2D eigenvalue weighted by molar-refractivity contribution is 7.98. The topological polar surface area (TPSA) is 30.5 Å². The molecule has 0 saturated carbocycles. The molecule has 0 aromatic heterocycles. The number of hydrogen-bond donors (Lipinski definition) is 1. The minimum atomic E-state index is 0.121. The van der Waals surface area contributed by atoms with Gasteiger partial charge in [0.2, 0.25) is 0 Å². The van der Waals surface area contributed by atoms with Gasteiger partial charge in [-0.25, -0.2) is 0 Å². The zero-order valence-electron chi connectivity index (χ0n) is 12.8. The molecule has 0 saturated heterocycles. The predicted octanol–water partition coefficient (Wildman–Crippen LogP) is 4.60. The number of methoxy groups -OCH3 is 2. The first-order valence-corrected chi connectivity index (χ1v) is 8.03. The second kappa shape index (κ2) is 7.27. The van der Waals surface area contributed by atoms with Crippen LogP contribution in [0.25, 0.3) is 0 Å². The van der Waals surface area contributed by atoms with Crippen molar-refractivity contribution in [3.63, 3.8) is 0 Å². The summed E-state index contributed by atoms with van der Waals surface area (Å²) >= 11 is 1.74. The summed E-state index contributed by atoms with van der Waals surface area (Å²) in [5.41, 5.74) is 2.16. The Morgan fingerprint density at radius 1 is 1.00 bits per heavy atom. The summed E-state index contributed by atoms with van der Waals surface area (Å²) in [4.78, 5) is 1.26. The fourth-order valence-electron chi connectivity index (χ4n) is 2.19. The van der Waals surface area contributed by atoms with Crippen molar-refractivity contribution >= 4 is 17.4 Å². The lowest BCUT2D eigenvalue weighted by molar-refractivity contribution is 0.397. The Labute approximate surface area is 130 Å². The van der Waals surface area contributed by atoms with Gasteiger partial charge in [0.05, 0.1) is 20.3 Å². The van der Waals surface area contributed by atoms with E-state index in [0.717, 1.165) is 22.7 Å². The average Bonchev–Trinajstić information content (AvgIpc) is 2.54. The normalized spacial score (nSPS) is 11.8. The molecule has 0 amide bonds. The second-order valence-corrected chi connectivity index (χ2v) is 5.58. The fraction of sp³-hybridized carbons (Fsp3) is 0.294. The molecule has 3 nitrogen and oxygen atoms in total. The lowest BCUT2D eigenvalue weighted by Gasteiger charge is -2.19. The number of thioether (sulfide) groups is 1. The maximum absolute atomic E-state index is 5.44. The third-order valence-corrected chi connectivity index (χ3v) is 4.12. The van der Waals surface area contributed by atoms with Crippen molar-refractivity contribution in [2.45, 2.75) is 17.9 Å². The first kappa shape index (κ1) is 15.6. The van der Waals surface area contributed by atoms with E-state index >= 15 is 0 Å². The fourth-order valence-corrected chi connectivity index (χ4v) is 2.60. The van der Waals surface area contributed by atoms with Crippen LogP contribution in [0.2, 0.25) is 0 Å². The summed E-state index contributed by atoms with van der Waals surface area (Å²) in [5.74, 6) is 1.69. The number of ether oxygens (including phenoxy) is 2. The van der Waals surface area contributed by atoms with E-state index in [2.05, 4.69) is 42.8 Å². The lowest BCUT2D eigenvalue weighted by atomic mass is 10.1. The molecule has 1 N–H and O–H groups in total. The Morgan fingerprint density at radius 2 is 1.71 bits per heavy atom. The first-order chi connectivity index (χ1) is 10.2. The summed E-state index contributed by atoms with van der Waals surface area (Å²) in [7, 11) is 3.36. The van der Waals surface area contributed by atoms with Crippen LogP contribution in [0.5, 0.6) is 11.5 Å². The number of nitrogens with one attached hydrogen (secondary N) is 1. The van der Waals surface area contributed by atoms with Crippen LogP contribution >= 0.6 is 11.8 Å². The molecule has 0 fully saturated rings. The van der Waals surface area contributed by atoms with E-state index < -0.39 is 0 Å². The Kier molecular flexibility index (Phi) is 5.39. The van der Waals surface area contributed by atoms with Crippen LogP contribution in [0, 0.1) is 0 Å². The zero-order chi connectivity index (χ0) is 15.2. The van der Waals surface area contributed by atoms with E-state index in [1.807, 2.05) is 18.2 Å². The van der Waals surface area contributed by atoms with Crippen molar-refractivity contribution in [1.82, 2.24) is 0 Å². The minimum absolute atomic E-state index is 0.121. The van der Waals surface area contributed by atoms with Crippen molar-refractivity contribution in [1.29, 1.82) is 0 Å². The standard InChI is InChI=1S/C17H21NO2S/c1-12(18-13-5-8-15(21-4)9-6-13)16-11-14(19-2)7-10-17(16)20-3/h5-12,18H,1-4H3. The minimum Gasteiger partial charge on any atom is -0.497 e. The van der Waals surface area contributed by atoms with Gasteiger partial charge in [0, 0.05) is 16.1 Å². The zero-order valence-corrected chi connectivity index (χ0v) is 13.7. The second-order valence-electron chi connectivity index (χ2n) is 4.70. The van der Waals surface area contributed by atoms with Crippen LogP contribution in [-0.2, 0) is 0 Å². The summed E-state index contributed by atoms with van der Waals surface area (Å²) in [5, 5.41) is 3.49. The Morgan fingerprint density at radius 3 is 2.29 bits per heavy atom. The van der Waals surface area contributed by atoms with Gasteiger partial charge in [-0.15, -0.1) is 11.8 Å². The van der Waals surface area contributed by atoms with Crippen LogP contribution in [0.3, 0.4) is 0 Å². The highest BCUT2D eigenvalue weighted by Crippen LogP contribution is 2.31. The van der Waals surface area contributed by atoms with Gasteiger partial charge in [-0.1, -0.05) is 0 Å². The third-order valence-electron chi connectivity index (χ3n) is 3.38. The van der Waals surface area contributed by atoms with E-state index in [4.69, 9.17) is 9.47 Å². The van der Waals surface area contributed by atoms with Gasteiger partial charge in [-0.2, -0.15) is 0 Å². The Hall–Kier alpha value is -1.81. The number of rotatable bonds is 6. The van der Waals surface area contributed by atoms with Gasteiger partial charge in [0.1, 0.15) is 11.5 Å². The van der Waals surface area contributed by atoms with Gasteiger partial charge in [-0.05, 0) is 55.6 Å². The summed E-state index contributed by atoms with van der Waals surface area (Å²) in [6, 6.07) is 14.4. The summed E-state index contributed by atoms with van der Waals surface area (Å²) in [6.45, 7) is 2.11. The Bertz CT molecular complexity index is 584. The van der Waals surface area contributed by atoms with E-state index in [-0.39, 0.29) is 6.04 Å². The molecule has 2 aromatic carbocycles. The molecular formula is C17H21NO2S. The predicted molar refractivity (Wildman–Crippen MR) is 89.8 cm³/mol. The van der Waals surface area contributed by atoms with Crippen LogP contribution < -0.4 is 14.8 Å². The van der Waals surface area contributed by atoms with Gasteiger partial charge in [-0.3, -0.25) is 0 Å². The van der Waals surface area contributed by atoms with Crippen LogP contribution in [-0.4, -0.2) is 20.5 Å². The number of hydrogen-bond acceptors (Lipinski definition) is 4. The smallest absolute Gasteiger partial charge is 0.124 e. The van der Waals surface area contributed by atoms with Crippen molar-refractivity contribution in [2.24, 2.45) is 0 Å². The molecule has 21 heavy (non-hydrogen) atoms. The van der Waals surface area contributed by atoms with Crippen LogP contribution in [0.4, 0.5) is 5.69 Å². The quantitative estimate of drug-likeness (QED) is 0.790. The highest BCUT2D eigenvalue weighted by Gasteiger charge is 2.12. The molecule has 0 heterocycles. The molecule has 1 unspecified atom stereocenters. The molecule has 112 valence electrons. The first-order valence-electron chi connectivity index (χ1n) is 6.80. The SMILES string of the molecule is COc1ccc(OC)c(C(C)Nc2ccc(SC)cc2)c1. The maximum Gasteiger partial charge on any atom is 0.124 e. The third kappa shape index (κ3) is 3.85. The van der Waals surface area contributed by atoms with Crippen molar-refractivity contribution in [3.05, 3.63) is 48.0 Å². The van der Waals surface area contributed by atoms with Gasteiger partial charge < -0.3 is 14.8 Å². The van der Waals surface area contributed by atoms with E-state index in [0.29, 0.717) is 0 Å². The molecule has 0 spiro atoms. The van der Waals surface area contributed by atoms with E-state index in [1.165, 1.54) is 4.90 Å². The molecule has 0 bridgehead atoms. The largest absolute Gasteiger partial charge is 0.497 e. The van der Waals surface area contributed by atoms with E-state index in [9.17, 15) is 0 Å². The van der Waals surface area contributed by atoms with Crippen LogP contribution in [0.15, 0.2) is 47.4 Å². The van der Waals surface area contributed by atoms with Crippen LogP contribution in [0.1, 0.15) is 18.5 Å². The van der Waals surface area contributed by atoms with Gasteiger partial charge in [0.25, 0.3) is 0 Å². The highest BCUT2D eigenvalue weighted by atomic mass is 32.2. The molecule has 2 rings (SSSR count). The molecule has 1 atom stereocenters. The molecule has 4 heteroatoms. The van der Waals surface area contributed by atoms with E-state index in [1.54, 1.807) is 26.0 Å². The molecule has 0 aliphatic carbocycles. The molecular weight excluding hydrogens is 282 g/mol. The summed E-state index contributed by atoms with van der Waals surface area (Å²) < 4.78 is 10.7. The molecule has 0 radical (unpaired) electrons. The average molecular weight is 303 g/mol. The summed E-state index contributed by atoms with van der Waals surface area (Å²) in [6.07, 6.45) is 2.08. The molecule has 2 aromatic rings. The van der Waals surface area contributed by atoms with Crippen molar-refractivity contribution in [3.8, 4) is 11.5 Å². The molecule has 0 aliphatic heterocycles. The molecule has 0 aliphatic rings. The number of benzene rings is 2. The van der Waals surface area contributed by atoms with Gasteiger partial charge >= 0.3 is 0 Å². The Balaban J connectivity index is 2.20. The van der Waals surface area contributed by atoms with Crippen molar-refractivity contribution < 1.29 is 9.47 Å². The monoisotopic (exact) mass is 303 g/mol. The maximum atomic E-state index is 5.44.